The van der Waals surface area contributed by atoms with Crippen LogP contribution in [-0.4, -0.2) is 11.0 Å². The van der Waals surface area contributed by atoms with Crippen molar-refractivity contribution in [1.82, 2.24) is 4.98 Å². The second kappa shape index (κ2) is 5.24. The van der Waals surface area contributed by atoms with Gasteiger partial charge < -0.3 is 5.32 Å². The Labute approximate surface area is 94.1 Å². The molecule has 0 aliphatic heterocycles. The van der Waals surface area contributed by atoms with E-state index in [9.17, 15) is 0 Å². The molecule has 1 aromatic heterocycles. The van der Waals surface area contributed by atoms with Gasteiger partial charge in [0, 0.05) is 0 Å². The summed E-state index contributed by atoms with van der Waals surface area (Å²) in [5.74, 6) is 3.11. The lowest BCUT2D eigenvalue weighted by atomic mass is 10.2. The predicted octanol–water partition coefficient (Wildman–Crippen LogP) is 2.43. The van der Waals surface area contributed by atoms with Gasteiger partial charge in [-0.05, 0) is 18.6 Å². The largest absolute Gasteiger partial charge is 0.356 e. The minimum Gasteiger partial charge on any atom is -0.356 e. The summed E-state index contributed by atoms with van der Waals surface area (Å²) in [6.07, 6.45) is 6.09. The van der Waals surface area contributed by atoms with Crippen LogP contribution in [0.15, 0.2) is 12.1 Å². The van der Waals surface area contributed by atoms with Crippen molar-refractivity contribution in [1.29, 1.82) is 5.26 Å². The molecule has 0 fully saturated rings. The molecular formula is C11H10ClN3. The topological polar surface area (TPSA) is 48.7 Å². The SMILES string of the molecule is C#CC(CC)Nc1cc(C#N)cc(Cl)n1. The Kier molecular flexibility index (Phi) is 3.97. The Morgan fingerprint density at radius 1 is 1.67 bits per heavy atom. The summed E-state index contributed by atoms with van der Waals surface area (Å²) in [7, 11) is 0. The second-order valence-electron chi connectivity index (χ2n) is 2.95. The molecule has 1 heterocycles. The van der Waals surface area contributed by atoms with E-state index in [0.29, 0.717) is 11.4 Å². The average molecular weight is 220 g/mol. The normalized spacial score (nSPS) is 11.2. The van der Waals surface area contributed by atoms with E-state index < -0.39 is 0 Å². The third-order valence-electron chi connectivity index (χ3n) is 1.85. The van der Waals surface area contributed by atoms with Gasteiger partial charge in [-0.25, -0.2) is 4.98 Å². The van der Waals surface area contributed by atoms with Crippen LogP contribution in [-0.2, 0) is 0 Å². The van der Waals surface area contributed by atoms with Crippen LogP contribution in [0.5, 0.6) is 0 Å². The highest BCUT2D eigenvalue weighted by Crippen LogP contribution is 2.14. The summed E-state index contributed by atoms with van der Waals surface area (Å²) in [5.41, 5.74) is 0.462. The number of nitrogens with zero attached hydrogens (tertiary/aromatic N) is 2. The fourth-order valence-corrected chi connectivity index (χ4v) is 1.28. The van der Waals surface area contributed by atoms with Gasteiger partial charge in [0.15, 0.2) is 0 Å². The van der Waals surface area contributed by atoms with Gasteiger partial charge in [-0.15, -0.1) is 6.42 Å². The van der Waals surface area contributed by atoms with Crippen LogP contribution in [0.4, 0.5) is 5.82 Å². The molecule has 0 radical (unpaired) electrons. The van der Waals surface area contributed by atoms with Gasteiger partial charge in [0.05, 0.1) is 17.7 Å². The highest BCUT2D eigenvalue weighted by Gasteiger charge is 2.05. The highest BCUT2D eigenvalue weighted by atomic mass is 35.5. The van der Waals surface area contributed by atoms with E-state index in [1.165, 1.54) is 6.07 Å². The van der Waals surface area contributed by atoms with Crippen LogP contribution in [0.25, 0.3) is 0 Å². The number of nitrogens with one attached hydrogen (secondary N) is 1. The Morgan fingerprint density at radius 2 is 2.40 bits per heavy atom. The van der Waals surface area contributed by atoms with E-state index in [-0.39, 0.29) is 11.2 Å². The van der Waals surface area contributed by atoms with E-state index in [1.54, 1.807) is 6.07 Å². The number of pyridine rings is 1. The van der Waals surface area contributed by atoms with Crippen LogP contribution in [0, 0.1) is 23.7 Å². The van der Waals surface area contributed by atoms with Gasteiger partial charge in [0.1, 0.15) is 11.0 Å². The Bertz CT molecular complexity index is 428. The summed E-state index contributed by atoms with van der Waals surface area (Å²) in [5, 5.41) is 12.0. The molecule has 4 heteroatoms. The van der Waals surface area contributed by atoms with Crippen LogP contribution < -0.4 is 5.32 Å². The first-order valence-electron chi connectivity index (χ1n) is 4.50. The maximum Gasteiger partial charge on any atom is 0.132 e. The third kappa shape index (κ3) is 3.16. The molecule has 76 valence electrons. The van der Waals surface area contributed by atoms with Crippen molar-refractivity contribution < 1.29 is 0 Å². The number of aromatic nitrogens is 1. The van der Waals surface area contributed by atoms with Gasteiger partial charge in [-0.3, -0.25) is 0 Å². The zero-order chi connectivity index (χ0) is 11.3. The summed E-state index contributed by atoms with van der Waals surface area (Å²) in [4.78, 5) is 4.03. The lowest BCUT2D eigenvalue weighted by molar-refractivity contribution is 0.851. The van der Waals surface area contributed by atoms with Crippen molar-refractivity contribution >= 4 is 17.4 Å². The third-order valence-corrected chi connectivity index (χ3v) is 2.05. The van der Waals surface area contributed by atoms with Gasteiger partial charge in [-0.2, -0.15) is 5.26 Å². The van der Waals surface area contributed by atoms with E-state index in [0.717, 1.165) is 6.42 Å². The fourth-order valence-electron chi connectivity index (χ4n) is 1.08. The number of terminal acetylenes is 1. The van der Waals surface area contributed by atoms with Crippen molar-refractivity contribution in [2.24, 2.45) is 0 Å². The van der Waals surface area contributed by atoms with Crippen molar-refractivity contribution in [3.63, 3.8) is 0 Å². The molecule has 0 aliphatic rings. The number of nitriles is 1. The number of halogens is 1. The lowest BCUT2D eigenvalue weighted by Gasteiger charge is -2.11. The summed E-state index contributed by atoms with van der Waals surface area (Å²) < 4.78 is 0. The quantitative estimate of drug-likeness (QED) is 0.628. The monoisotopic (exact) mass is 219 g/mol. The first-order valence-corrected chi connectivity index (χ1v) is 4.87. The summed E-state index contributed by atoms with van der Waals surface area (Å²) in [6, 6.07) is 5.03. The minimum atomic E-state index is -0.0949. The van der Waals surface area contributed by atoms with Gasteiger partial charge in [0.2, 0.25) is 0 Å². The zero-order valence-electron chi connectivity index (χ0n) is 8.29. The molecule has 0 bridgehead atoms. The molecule has 0 saturated heterocycles. The Balaban J connectivity index is 2.92. The average Bonchev–Trinajstić information content (AvgIpc) is 2.25. The standard InChI is InChI=1S/C11H10ClN3/c1-3-9(4-2)14-11-6-8(7-13)5-10(12)15-11/h1,5-6,9H,4H2,2H3,(H,14,15). The number of rotatable bonds is 3. The predicted molar refractivity (Wildman–Crippen MR) is 60.5 cm³/mol. The van der Waals surface area contributed by atoms with Crippen LogP contribution in [0.3, 0.4) is 0 Å². The van der Waals surface area contributed by atoms with E-state index >= 15 is 0 Å². The summed E-state index contributed by atoms with van der Waals surface area (Å²) >= 11 is 5.74. The first kappa shape index (κ1) is 11.4. The maximum atomic E-state index is 8.73. The van der Waals surface area contributed by atoms with Crippen LogP contribution in [0.2, 0.25) is 5.15 Å². The number of anilines is 1. The van der Waals surface area contributed by atoms with Crippen LogP contribution >= 0.6 is 11.6 Å². The molecule has 15 heavy (non-hydrogen) atoms. The lowest BCUT2D eigenvalue weighted by Crippen LogP contribution is -2.16. The highest BCUT2D eigenvalue weighted by molar-refractivity contribution is 6.29. The second-order valence-corrected chi connectivity index (χ2v) is 3.33. The summed E-state index contributed by atoms with van der Waals surface area (Å²) in [6.45, 7) is 1.97. The maximum absolute atomic E-state index is 8.73. The van der Waals surface area contributed by atoms with Crippen LogP contribution in [0.1, 0.15) is 18.9 Å². The molecule has 1 N–H and O–H groups in total. The zero-order valence-corrected chi connectivity index (χ0v) is 9.04. The van der Waals surface area contributed by atoms with Gasteiger partial charge >= 0.3 is 0 Å². The van der Waals surface area contributed by atoms with Crippen molar-refractivity contribution in [3.8, 4) is 18.4 Å². The molecular weight excluding hydrogens is 210 g/mol. The smallest absolute Gasteiger partial charge is 0.132 e. The van der Waals surface area contributed by atoms with E-state index in [1.807, 2.05) is 13.0 Å². The molecule has 1 rings (SSSR count). The Hall–Kier alpha value is -1.71. The Morgan fingerprint density at radius 3 is 2.93 bits per heavy atom. The van der Waals surface area contributed by atoms with Crippen molar-refractivity contribution in [3.05, 3.63) is 22.8 Å². The molecule has 0 spiro atoms. The molecule has 1 aromatic rings. The molecule has 0 saturated carbocycles. The van der Waals surface area contributed by atoms with Gasteiger partial charge in [-0.1, -0.05) is 24.4 Å². The number of hydrogen-bond acceptors (Lipinski definition) is 3. The molecule has 0 aromatic carbocycles. The van der Waals surface area contributed by atoms with E-state index in [2.05, 4.69) is 16.2 Å². The molecule has 1 atom stereocenters. The van der Waals surface area contributed by atoms with E-state index in [4.69, 9.17) is 23.3 Å². The van der Waals surface area contributed by atoms with Crippen molar-refractivity contribution in [2.75, 3.05) is 5.32 Å². The fraction of sp³-hybridized carbons (Fsp3) is 0.273. The van der Waals surface area contributed by atoms with Crippen molar-refractivity contribution in [2.45, 2.75) is 19.4 Å². The molecule has 0 amide bonds. The first-order chi connectivity index (χ1) is 7.19. The molecule has 0 aliphatic carbocycles. The molecule has 3 nitrogen and oxygen atoms in total. The van der Waals surface area contributed by atoms with Gasteiger partial charge in [0.25, 0.3) is 0 Å². The number of hydrogen-bond donors (Lipinski definition) is 1. The molecule has 1 unspecified atom stereocenters. The minimum absolute atomic E-state index is 0.0949.